The molecule has 2 heterocycles. The third-order valence-corrected chi connectivity index (χ3v) is 4.35. The fourth-order valence-corrected chi connectivity index (χ4v) is 3.38. The van der Waals surface area contributed by atoms with Gasteiger partial charge in [-0.15, -0.1) is 5.10 Å². The van der Waals surface area contributed by atoms with Gasteiger partial charge in [-0.2, -0.15) is 14.7 Å². The van der Waals surface area contributed by atoms with E-state index in [1.165, 1.54) is 4.67 Å². The molecule has 1 aliphatic heterocycles. The summed E-state index contributed by atoms with van der Waals surface area (Å²) in [6.45, 7) is 0.441. The zero-order chi connectivity index (χ0) is 12.8. The number of para-hydroxylation sites is 1. The Labute approximate surface area is 104 Å². The molecule has 1 saturated heterocycles. The number of rotatable bonds is 2. The lowest BCUT2D eigenvalue weighted by Crippen LogP contribution is -2.28. The molecule has 0 radical (unpaired) electrons. The van der Waals surface area contributed by atoms with Crippen molar-refractivity contribution >= 4 is 19.1 Å². The summed E-state index contributed by atoms with van der Waals surface area (Å²) in [5.41, 5.74) is 1.57. The van der Waals surface area contributed by atoms with Crippen LogP contribution in [0.5, 0.6) is 0 Å². The number of hydrogen-bond donors (Lipinski definition) is 3. The van der Waals surface area contributed by atoms with Gasteiger partial charge in [-0.05, 0) is 25.0 Å². The van der Waals surface area contributed by atoms with Crippen molar-refractivity contribution in [1.82, 2.24) is 19.7 Å². The maximum atomic E-state index is 9.45. The molecule has 0 amide bonds. The molecule has 2 aromatic rings. The second-order valence-electron chi connectivity index (χ2n) is 4.35. The van der Waals surface area contributed by atoms with Gasteiger partial charge in [0.1, 0.15) is 11.7 Å². The highest BCUT2D eigenvalue weighted by atomic mass is 31.2. The molecule has 3 rings (SSSR count). The Hall–Kier alpha value is -1.11. The second kappa shape index (κ2) is 4.22. The molecule has 1 aliphatic rings. The molecule has 7 nitrogen and oxygen atoms in total. The van der Waals surface area contributed by atoms with Crippen molar-refractivity contribution in [1.29, 1.82) is 0 Å². The van der Waals surface area contributed by atoms with Crippen LogP contribution in [-0.4, -0.2) is 40.9 Å². The Morgan fingerprint density at radius 1 is 1.22 bits per heavy atom. The Bertz CT molecular complexity index is 567. The van der Waals surface area contributed by atoms with E-state index in [1.807, 2.05) is 24.3 Å². The van der Waals surface area contributed by atoms with Crippen molar-refractivity contribution in [2.75, 3.05) is 6.54 Å². The van der Waals surface area contributed by atoms with Gasteiger partial charge in [-0.25, -0.2) is 4.68 Å². The summed E-state index contributed by atoms with van der Waals surface area (Å²) in [6.07, 6.45) is 1.13. The van der Waals surface area contributed by atoms with Crippen LogP contribution in [0.3, 0.4) is 0 Å². The summed E-state index contributed by atoms with van der Waals surface area (Å²) in [5, 5.41) is 8.08. The highest BCUT2D eigenvalue weighted by Gasteiger charge is 2.49. The van der Waals surface area contributed by atoms with Crippen molar-refractivity contribution in [3.63, 3.8) is 0 Å². The van der Waals surface area contributed by atoms with Gasteiger partial charge in [-0.3, -0.25) is 0 Å². The molecule has 18 heavy (non-hydrogen) atoms. The van der Waals surface area contributed by atoms with Crippen molar-refractivity contribution in [3.05, 3.63) is 24.3 Å². The predicted octanol–water partition coefficient (Wildman–Crippen LogP) is 0.680. The van der Waals surface area contributed by atoms with Gasteiger partial charge >= 0.3 is 8.09 Å². The first-order chi connectivity index (χ1) is 8.57. The maximum Gasteiger partial charge on any atom is 0.498 e. The minimum atomic E-state index is -3.99. The van der Waals surface area contributed by atoms with Crippen LogP contribution < -0.4 is 0 Å². The fraction of sp³-hybridized carbons (Fsp3) is 0.400. The van der Waals surface area contributed by atoms with Gasteiger partial charge in [0, 0.05) is 6.54 Å². The Balaban J connectivity index is 2.04. The van der Waals surface area contributed by atoms with Gasteiger partial charge in [0.25, 0.3) is 0 Å². The average molecular weight is 269 g/mol. The molecule has 1 unspecified atom stereocenters. The van der Waals surface area contributed by atoms with Gasteiger partial charge < -0.3 is 0 Å². The summed E-state index contributed by atoms with van der Waals surface area (Å²) in [6, 6.07) is 7.46. The SMILES string of the molecule is O[P+](O)(O)N1CCCC1n1nnc2ccccc21. The number of aromatic nitrogens is 3. The van der Waals surface area contributed by atoms with Crippen LogP contribution in [0.15, 0.2) is 24.3 Å². The number of hydrogen-bond acceptors (Lipinski definition) is 6. The highest BCUT2D eigenvalue weighted by Crippen LogP contribution is 2.55. The smallest absolute Gasteiger partial charge is 0.224 e. The van der Waals surface area contributed by atoms with Crippen LogP contribution in [0.1, 0.15) is 19.0 Å². The summed E-state index contributed by atoms with van der Waals surface area (Å²) in [4.78, 5) is 28.3. The molecule has 0 bridgehead atoms. The largest absolute Gasteiger partial charge is 0.498 e. The zero-order valence-electron chi connectivity index (χ0n) is 9.59. The molecular formula is C10H14N4O3P+. The molecule has 0 aliphatic carbocycles. The van der Waals surface area contributed by atoms with E-state index in [0.717, 1.165) is 17.5 Å². The molecule has 1 fully saturated rings. The van der Waals surface area contributed by atoms with E-state index in [9.17, 15) is 14.7 Å². The Morgan fingerprint density at radius 2 is 2.00 bits per heavy atom. The average Bonchev–Trinajstić information content (AvgIpc) is 2.93. The van der Waals surface area contributed by atoms with Crippen LogP contribution in [0.2, 0.25) is 0 Å². The van der Waals surface area contributed by atoms with Gasteiger partial charge in [0.15, 0.2) is 0 Å². The molecular weight excluding hydrogens is 255 g/mol. The summed E-state index contributed by atoms with van der Waals surface area (Å²) in [7, 11) is -3.99. The fourth-order valence-electron chi connectivity index (χ4n) is 2.40. The van der Waals surface area contributed by atoms with Gasteiger partial charge in [0.2, 0.25) is 0 Å². The number of nitrogens with zero attached hydrogens (tertiary/aromatic N) is 4. The third-order valence-electron chi connectivity index (χ3n) is 3.20. The molecule has 0 spiro atoms. The first kappa shape index (κ1) is 12.0. The lowest BCUT2D eigenvalue weighted by atomic mass is 10.3. The monoisotopic (exact) mass is 269 g/mol. The molecule has 8 heteroatoms. The molecule has 1 aromatic carbocycles. The van der Waals surface area contributed by atoms with Crippen molar-refractivity contribution in [3.8, 4) is 0 Å². The lowest BCUT2D eigenvalue weighted by Gasteiger charge is -2.22. The van der Waals surface area contributed by atoms with Crippen LogP contribution in [0, 0.1) is 0 Å². The Kier molecular flexibility index (Phi) is 2.80. The van der Waals surface area contributed by atoms with E-state index in [2.05, 4.69) is 10.3 Å². The molecule has 3 N–H and O–H groups in total. The Morgan fingerprint density at radius 3 is 2.78 bits per heavy atom. The van der Waals surface area contributed by atoms with Crippen molar-refractivity contribution < 1.29 is 14.7 Å². The second-order valence-corrected chi connectivity index (χ2v) is 5.93. The highest BCUT2D eigenvalue weighted by molar-refractivity contribution is 7.56. The standard InChI is InChI=1S/C10H14N4O3P/c15-18(16,17)13-7-3-6-10(13)14-9-5-2-1-4-8(9)11-12-14/h1-2,4-5,10,15-17H,3,6-7H2/q+1. The van der Waals surface area contributed by atoms with Gasteiger partial charge in [0.05, 0.1) is 5.52 Å². The van der Waals surface area contributed by atoms with Crippen LogP contribution in [-0.2, 0) is 0 Å². The van der Waals surface area contributed by atoms with E-state index in [1.54, 1.807) is 4.68 Å². The summed E-state index contributed by atoms with van der Waals surface area (Å²) in [5.74, 6) is 0. The normalized spacial score (nSPS) is 21.8. The first-order valence-corrected chi connectivity index (χ1v) is 7.32. The summed E-state index contributed by atoms with van der Waals surface area (Å²) < 4.78 is 2.94. The van der Waals surface area contributed by atoms with E-state index in [-0.39, 0.29) is 6.17 Å². The van der Waals surface area contributed by atoms with E-state index < -0.39 is 8.09 Å². The van der Waals surface area contributed by atoms with Crippen LogP contribution in [0.4, 0.5) is 0 Å². The molecule has 1 aromatic heterocycles. The summed E-state index contributed by atoms with van der Waals surface area (Å²) >= 11 is 0. The molecule has 96 valence electrons. The van der Waals surface area contributed by atoms with E-state index >= 15 is 0 Å². The molecule has 0 saturated carbocycles. The minimum absolute atomic E-state index is 0.356. The predicted molar refractivity (Wildman–Crippen MR) is 66.1 cm³/mol. The van der Waals surface area contributed by atoms with Crippen molar-refractivity contribution in [2.45, 2.75) is 19.0 Å². The van der Waals surface area contributed by atoms with E-state index in [0.29, 0.717) is 13.0 Å². The third kappa shape index (κ3) is 1.90. The number of fused-ring (bicyclic) bond motifs is 1. The van der Waals surface area contributed by atoms with E-state index in [4.69, 9.17) is 0 Å². The minimum Gasteiger partial charge on any atom is -0.224 e. The lowest BCUT2D eigenvalue weighted by molar-refractivity contribution is 0.184. The maximum absolute atomic E-state index is 9.45. The van der Waals surface area contributed by atoms with Crippen molar-refractivity contribution in [2.24, 2.45) is 0 Å². The first-order valence-electron chi connectivity index (χ1n) is 5.72. The molecule has 1 atom stereocenters. The van der Waals surface area contributed by atoms with Crippen LogP contribution >= 0.6 is 8.09 Å². The van der Waals surface area contributed by atoms with Gasteiger partial charge in [-0.1, -0.05) is 22.0 Å². The topological polar surface area (TPSA) is 94.6 Å². The quantitative estimate of drug-likeness (QED) is 0.694. The zero-order valence-corrected chi connectivity index (χ0v) is 10.5. The van der Waals surface area contributed by atoms with Crippen LogP contribution in [0.25, 0.3) is 11.0 Å². The number of benzene rings is 1.